The van der Waals surface area contributed by atoms with E-state index >= 15 is 0 Å². The molecule has 0 aliphatic carbocycles. The molecule has 0 aliphatic heterocycles. The summed E-state index contributed by atoms with van der Waals surface area (Å²) in [6, 6.07) is 11.6. The Balaban J connectivity index is 2.04. The summed E-state index contributed by atoms with van der Waals surface area (Å²) in [5.74, 6) is -0.179. The van der Waals surface area contributed by atoms with Crippen LogP contribution in [0.5, 0.6) is 0 Å². The molecule has 1 heterocycles. The van der Waals surface area contributed by atoms with Gasteiger partial charge in [-0.05, 0) is 31.0 Å². The lowest BCUT2D eigenvalue weighted by Crippen LogP contribution is -2.27. The summed E-state index contributed by atoms with van der Waals surface area (Å²) in [5, 5.41) is 2.94. The highest BCUT2D eigenvalue weighted by molar-refractivity contribution is 5.92. The molecule has 1 unspecified atom stereocenters. The Bertz CT molecular complexity index is 576. The van der Waals surface area contributed by atoms with Crippen LogP contribution in [0, 0.1) is 6.92 Å². The number of carbonyl (C=O) groups is 1. The third-order valence-corrected chi connectivity index (χ3v) is 3.22. The molecule has 0 bridgehead atoms. The van der Waals surface area contributed by atoms with Crippen molar-refractivity contribution in [2.24, 2.45) is 5.73 Å². The Morgan fingerprint density at radius 2 is 1.95 bits per heavy atom. The zero-order valence-corrected chi connectivity index (χ0v) is 11.8. The van der Waals surface area contributed by atoms with E-state index in [2.05, 4.69) is 10.3 Å². The SMILES string of the molecule is Cc1ccc(C(C)NC(=O)c2ccc(CN)cn2)cc1. The second-order valence-corrected chi connectivity index (χ2v) is 4.86. The molecule has 20 heavy (non-hydrogen) atoms. The van der Waals surface area contributed by atoms with E-state index in [1.807, 2.05) is 44.2 Å². The highest BCUT2D eigenvalue weighted by Crippen LogP contribution is 2.13. The van der Waals surface area contributed by atoms with Gasteiger partial charge in [0.25, 0.3) is 5.91 Å². The number of benzene rings is 1. The van der Waals surface area contributed by atoms with E-state index < -0.39 is 0 Å². The van der Waals surface area contributed by atoms with Crippen molar-refractivity contribution in [2.75, 3.05) is 0 Å². The first-order chi connectivity index (χ1) is 9.60. The zero-order valence-electron chi connectivity index (χ0n) is 11.8. The number of hydrogen-bond acceptors (Lipinski definition) is 3. The predicted octanol–water partition coefficient (Wildman–Crippen LogP) is 2.34. The first kappa shape index (κ1) is 14.2. The highest BCUT2D eigenvalue weighted by atomic mass is 16.1. The van der Waals surface area contributed by atoms with Crippen molar-refractivity contribution in [3.05, 3.63) is 65.0 Å². The lowest BCUT2D eigenvalue weighted by atomic mass is 10.1. The molecule has 3 N–H and O–H groups in total. The Morgan fingerprint density at radius 1 is 1.25 bits per heavy atom. The Morgan fingerprint density at radius 3 is 2.50 bits per heavy atom. The van der Waals surface area contributed by atoms with E-state index in [0.29, 0.717) is 12.2 Å². The summed E-state index contributed by atoms with van der Waals surface area (Å²) in [6.07, 6.45) is 1.63. The van der Waals surface area contributed by atoms with Gasteiger partial charge in [-0.1, -0.05) is 35.9 Å². The number of nitrogens with one attached hydrogen (secondary N) is 1. The normalized spacial score (nSPS) is 11.9. The minimum atomic E-state index is -0.179. The fourth-order valence-electron chi connectivity index (χ4n) is 1.89. The van der Waals surface area contributed by atoms with E-state index in [0.717, 1.165) is 11.1 Å². The summed E-state index contributed by atoms with van der Waals surface area (Å²) in [7, 11) is 0. The molecule has 1 aromatic carbocycles. The quantitative estimate of drug-likeness (QED) is 0.895. The van der Waals surface area contributed by atoms with Crippen molar-refractivity contribution in [1.29, 1.82) is 0 Å². The van der Waals surface area contributed by atoms with Crippen molar-refractivity contribution < 1.29 is 4.79 Å². The van der Waals surface area contributed by atoms with Gasteiger partial charge in [0, 0.05) is 12.7 Å². The van der Waals surface area contributed by atoms with Crippen molar-refractivity contribution in [3.8, 4) is 0 Å². The molecular formula is C16H19N3O. The average molecular weight is 269 g/mol. The van der Waals surface area contributed by atoms with Crippen LogP contribution >= 0.6 is 0 Å². The van der Waals surface area contributed by atoms with Crippen LogP contribution in [0.1, 0.15) is 40.1 Å². The lowest BCUT2D eigenvalue weighted by molar-refractivity contribution is 0.0935. The second kappa shape index (κ2) is 6.30. The standard InChI is InChI=1S/C16H19N3O/c1-11-3-6-14(7-4-11)12(2)19-16(20)15-8-5-13(9-17)10-18-15/h3-8,10,12H,9,17H2,1-2H3,(H,19,20). The van der Waals surface area contributed by atoms with E-state index in [1.165, 1.54) is 5.56 Å². The molecule has 4 heteroatoms. The minimum absolute atomic E-state index is 0.0564. The number of aryl methyl sites for hydroxylation is 1. The molecule has 0 radical (unpaired) electrons. The minimum Gasteiger partial charge on any atom is -0.344 e. The molecule has 4 nitrogen and oxygen atoms in total. The molecule has 1 atom stereocenters. The number of amides is 1. The van der Waals surface area contributed by atoms with E-state index in [9.17, 15) is 4.79 Å². The van der Waals surface area contributed by atoms with Crippen molar-refractivity contribution in [3.63, 3.8) is 0 Å². The monoisotopic (exact) mass is 269 g/mol. The third kappa shape index (κ3) is 3.42. The molecule has 0 aliphatic rings. The smallest absolute Gasteiger partial charge is 0.270 e. The van der Waals surface area contributed by atoms with Crippen LogP contribution in [0.3, 0.4) is 0 Å². The first-order valence-electron chi connectivity index (χ1n) is 6.62. The zero-order chi connectivity index (χ0) is 14.5. The lowest BCUT2D eigenvalue weighted by Gasteiger charge is -2.14. The predicted molar refractivity (Wildman–Crippen MR) is 79.2 cm³/mol. The van der Waals surface area contributed by atoms with Gasteiger partial charge in [-0.25, -0.2) is 0 Å². The van der Waals surface area contributed by atoms with Crippen LogP contribution in [0.25, 0.3) is 0 Å². The molecule has 1 aromatic heterocycles. The number of hydrogen-bond donors (Lipinski definition) is 2. The molecule has 0 spiro atoms. The number of nitrogens with zero attached hydrogens (tertiary/aromatic N) is 1. The van der Waals surface area contributed by atoms with Crippen LogP contribution in [0.15, 0.2) is 42.6 Å². The van der Waals surface area contributed by atoms with Gasteiger partial charge in [-0.2, -0.15) is 0 Å². The molecule has 0 saturated carbocycles. The fraction of sp³-hybridized carbons (Fsp3) is 0.250. The van der Waals surface area contributed by atoms with Crippen LogP contribution in [0.4, 0.5) is 0 Å². The molecule has 0 saturated heterocycles. The number of carbonyl (C=O) groups excluding carboxylic acids is 1. The first-order valence-corrected chi connectivity index (χ1v) is 6.62. The fourth-order valence-corrected chi connectivity index (χ4v) is 1.89. The second-order valence-electron chi connectivity index (χ2n) is 4.86. The molecule has 2 rings (SSSR count). The number of pyridine rings is 1. The number of nitrogens with two attached hydrogens (primary N) is 1. The van der Waals surface area contributed by atoms with Crippen LogP contribution in [-0.2, 0) is 6.54 Å². The Kier molecular flexibility index (Phi) is 4.48. The summed E-state index contributed by atoms with van der Waals surface area (Å²) in [5.41, 5.74) is 9.09. The Hall–Kier alpha value is -2.20. The summed E-state index contributed by atoms with van der Waals surface area (Å²) in [4.78, 5) is 16.2. The van der Waals surface area contributed by atoms with Gasteiger partial charge in [0.2, 0.25) is 0 Å². The third-order valence-electron chi connectivity index (χ3n) is 3.22. The Labute approximate surface area is 119 Å². The largest absolute Gasteiger partial charge is 0.344 e. The summed E-state index contributed by atoms with van der Waals surface area (Å²) >= 11 is 0. The van der Waals surface area contributed by atoms with Crippen LogP contribution < -0.4 is 11.1 Å². The van der Waals surface area contributed by atoms with Crippen molar-refractivity contribution >= 4 is 5.91 Å². The van der Waals surface area contributed by atoms with Gasteiger partial charge in [0.15, 0.2) is 0 Å². The molecule has 104 valence electrons. The number of aromatic nitrogens is 1. The van der Waals surface area contributed by atoms with Gasteiger partial charge >= 0.3 is 0 Å². The average Bonchev–Trinajstić information content (AvgIpc) is 2.48. The van der Waals surface area contributed by atoms with Crippen molar-refractivity contribution in [2.45, 2.75) is 26.4 Å². The van der Waals surface area contributed by atoms with Crippen molar-refractivity contribution in [1.82, 2.24) is 10.3 Å². The summed E-state index contributed by atoms with van der Waals surface area (Å²) < 4.78 is 0. The molecule has 1 amide bonds. The number of rotatable bonds is 4. The van der Waals surface area contributed by atoms with Gasteiger partial charge < -0.3 is 11.1 Å². The van der Waals surface area contributed by atoms with Gasteiger partial charge in [-0.15, -0.1) is 0 Å². The molecule has 2 aromatic rings. The summed E-state index contributed by atoms with van der Waals surface area (Å²) in [6.45, 7) is 4.42. The van der Waals surface area contributed by atoms with Crippen LogP contribution in [-0.4, -0.2) is 10.9 Å². The van der Waals surface area contributed by atoms with Gasteiger partial charge in [0.1, 0.15) is 5.69 Å². The van der Waals surface area contributed by atoms with E-state index in [-0.39, 0.29) is 11.9 Å². The maximum atomic E-state index is 12.1. The molecular weight excluding hydrogens is 250 g/mol. The topological polar surface area (TPSA) is 68.0 Å². The van der Waals surface area contributed by atoms with E-state index in [1.54, 1.807) is 12.3 Å². The highest BCUT2D eigenvalue weighted by Gasteiger charge is 2.12. The van der Waals surface area contributed by atoms with E-state index in [4.69, 9.17) is 5.73 Å². The molecule has 0 fully saturated rings. The maximum absolute atomic E-state index is 12.1. The maximum Gasteiger partial charge on any atom is 0.270 e. The van der Waals surface area contributed by atoms with Gasteiger partial charge in [0.05, 0.1) is 6.04 Å². The van der Waals surface area contributed by atoms with Gasteiger partial charge in [-0.3, -0.25) is 9.78 Å². The van der Waals surface area contributed by atoms with Crippen LogP contribution in [0.2, 0.25) is 0 Å².